The Balaban J connectivity index is 2.95. The van der Waals surface area contributed by atoms with Crippen LogP contribution >= 0.6 is 11.6 Å². The summed E-state index contributed by atoms with van der Waals surface area (Å²) in [6.07, 6.45) is 0.606. The summed E-state index contributed by atoms with van der Waals surface area (Å²) in [7, 11) is 3.14. The van der Waals surface area contributed by atoms with Crippen molar-refractivity contribution < 1.29 is 19.4 Å². The van der Waals surface area contributed by atoms with Crippen molar-refractivity contribution >= 4 is 23.6 Å². The Bertz CT molecular complexity index is 578. The molecule has 0 radical (unpaired) electrons. The molecule has 0 aliphatic carbocycles. The molecule has 1 rings (SSSR count). The van der Waals surface area contributed by atoms with Crippen LogP contribution < -0.4 is 10.1 Å². The van der Waals surface area contributed by atoms with E-state index in [4.69, 9.17) is 21.4 Å². The van der Waals surface area contributed by atoms with Gasteiger partial charge >= 0.3 is 12.0 Å². The maximum atomic E-state index is 12.4. The normalized spacial score (nSPS) is 11.9. The second-order valence-electron chi connectivity index (χ2n) is 6.08. The molecule has 2 amide bonds. The second kappa shape index (κ2) is 9.37. The number of halogens is 1. The number of rotatable bonds is 8. The number of amides is 2. The van der Waals surface area contributed by atoms with Gasteiger partial charge in [-0.1, -0.05) is 25.4 Å². The van der Waals surface area contributed by atoms with Gasteiger partial charge in [-0.25, -0.2) is 4.79 Å². The Labute approximate surface area is 147 Å². The molecule has 1 aromatic rings. The van der Waals surface area contributed by atoms with Crippen LogP contribution in [0.5, 0.6) is 5.75 Å². The van der Waals surface area contributed by atoms with Crippen LogP contribution in [0.15, 0.2) is 18.2 Å². The molecule has 1 aromatic carbocycles. The molecule has 1 atom stereocenters. The first-order chi connectivity index (χ1) is 11.2. The summed E-state index contributed by atoms with van der Waals surface area (Å²) in [6, 6.07) is 4.68. The molecule has 0 spiro atoms. The van der Waals surface area contributed by atoms with Gasteiger partial charge in [0.25, 0.3) is 0 Å². The molecule has 0 bridgehead atoms. The molecule has 24 heavy (non-hydrogen) atoms. The van der Waals surface area contributed by atoms with Crippen molar-refractivity contribution in [1.29, 1.82) is 0 Å². The molecule has 0 aromatic heterocycles. The number of carboxylic acids is 1. The van der Waals surface area contributed by atoms with Crippen molar-refractivity contribution in [1.82, 2.24) is 10.2 Å². The Morgan fingerprint density at radius 2 is 2.04 bits per heavy atom. The van der Waals surface area contributed by atoms with E-state index < -0.39 is 5.97 Å². The minimum Gasteiger partial charge on any atom is -0.496 e. The molecular weight excluding hydrogens is 332 g/mol. The van der Waals surface area contributed by atoms with Crippen molar-refractivity contribution in [2.45, 2.75) is 32.7 Å². The van der Waals surface area contributed by atoms with E-state index in [1.165, 1.54) is 4.90 Å². The highest BCUT2D eigenvalue weighted by molar-refractivity contribution is 6.30. The van der Waals surface area contributed by atoms with Gasteiger partial charge in [-0.2, -0.15) is 0 Å². The van der Waals surface area contributed by atoms with Crippen molar-refractivity contribution in [3.05, 3.63) is 28.8 Å². The van der Waals surface area contributed by atoms with Gasteiger partial charge in [0.2, 0.25) is 0 Å². The zero-order valence-electron chi connectivity index (χ0n) is 14.5. The van der Waals surface area contributed by atoms with E-state index in [-0.39, 0.29) is 25.0 Å². The van der Waals surface area contributed by atoms with Crippen molar-refractivity contribution in [3.8, 4) is 5.75 Å². The summed E-state index contributed by atoms with van der Waals surface area (Å²) in [5.74, 6) is 0.0479. The summed E-state index contributed by atoms with van der Waals surface area (Å²) < 4.78 is 5.38. The SMILES string of the molecule is COc1ccc(Cl)cc1C(CC(C)C)NC(=O)N(C)CCC(=O)O. The van der Waals surface area contributed by atoms with Gasteiger partial charge in [0.15, 0.2) is 0 Å². The first-order valence-electron chi connectivity index (χ1n) is 7.81. The minimum absolute atomic E-state index is 0.0980. The molecule has 6 nitrogen and oxygen atoms in total. The topological polar surface area (TPSA) is 78.9 Å². The monoisotopic (exact) mass is 356 g/mol. The second-order valence-corrected chi connectivity index (χ2v) is 6.52. The van der Waals surface area contributed by atoms with Crippen LogP contribution in [-0.2, 0) is 4.79 Å². The maximum absolute atomic E-state index is 12.4. The number of ether oxygens (including phenoxy) is 1. The zero-order chi connectivity index (χ0) is 18.3. The number of nitrogens with one attached hydrogen (secondary N) is 1. The lowest BCUT2D eigenvalue weighted by atomic mass is 9.96. The summed E-state index contributed by atoms with van der Waals surface area (Å²) >= 11 is 6.09. The van der Waals surface area contributed by atoms with Crippen molar-refractivity contribution in [2.75, 3.05) is 20.7 Å². The third kappa shape index (κ3) is 6.28. The quantitative estimate of drug-likeness (QED) is 0.746. The summed E-state index contributed by atoms with van der Waals surface area (Å²) in [5, 5.41) is 12.2. The van der Waals surface area contributed by atoms with Gasteiger partial charge in [-0.05, 0) is 30.5 Å². The number of benzene rings is 1. The number of hydrogen-bond donors (Lipinski definition) is 2. The largest absolute Gasteiger partial charge is 0.496 e. The van der Waals surface area contributed by atoms with Gasteiger partial charge in [-0.15, -0.1) is 0 Å². The van der Waals surface area contributed by atoms with E-state index >= 15 is 0 Å². The van der Waals surface area contributed by atoms with Gasteiger partial charge in [0.1, 0.15) is 5.75 Å². The summed E-state index contributed by atoms with van der Waals surface area (Å²) in [5.41, 5.74) is 0.804. The van der Waals surface area contributed by atoms with E-state index in [1.54, 1.807) is 32.4 Å². The maximum Gasteiger partial charge on any atom is 0.317 e. The number of carboxylic acid groups (broad SMARTS) is 1. The molecule has 7 heteroatoms. The van der Waals surface area contributed by atoms with E-state index in [0.29, 0.717) is 23.1 Å². The average molecular weight is 357 g/mol. The third-order valence-corrected chi connectivity index (χ3v) is 3.81. The molecule has 134 valence electrons. The van der Waals surface area contributed by atoms with Crippen LogP contribution in [0.25, 0.3) is 0 Å². The molecule has 1 unspecified atom stereocenters. The Morgan fingerprint density at radius 1 is 1.38 bits per heavy atom. The van der Waals surface area contributed by atoms with Gasteiger partial charge in [-0.3, -0.25) is 4.79 Å². The van der Waals surface area contributed by atoms with Crippen LogP contribution in [0.4, 0.5) is 4.79 Å². The lowest BCUT2D eigenvalue weighted by Crippen LogP contribution is -2.40. The highest BCUT2D eigenvalue weighted by Crippen LogP contribution is 2.32. The minimum atomic E-state index is -0.940. The highest BCUT2D eigenvalue weighted by atomic mass is 35.5. The van der Waals surface area contributed by atoms with Crippen LogP contribution in [0, 0.1) is 5.92 Å². The van der Waals surface area contributed by atoms with E-state index in [9.17, 15) is 9.59 Å². The molecule has 2 N–H and O–H groups in total. The van der Waals surface area contributed by atoms with Gasteiger partial charge in [0.05, 0.1) is 19.6 Å². The van der Waals surface area contributed by atoms with Gasteiger partial charge in [0, 0.05) is 24.2 Å². The average Bonchev–Trinajstić information content (AvgIpc) is 2.51. The number of carbonyl (C=O) groups is 2. The highest BCUT2D eigenvalue weighted by Gasteiger charge is 2.22. The molecule has 0 saturated carbocycles. The molecule has 0 aliphatic heterocycles. The van der Waals surface area contributed by atoms with Crippen molar-refractivity contribution in [3.63, 3.8) is 0 Å². The fourth-order valence-electron chi connectivity index (χ4n) is 2.34. The predicted octanol–water partition coefficient (Wildman–Crippen LogP) is 3.55. The number of hydrogen-bond acceptors (Lipinski definition) is 3. The standard InChI is InChI=1S/C17H25ClN2O4/c1-11(2)9-14(13-10-12(18)5-6-15(13)24-4)19-17(23)20(3)8-7-16(21)22/h5-6,10-11,14H,7-9H2,1-4H3,(H,19,23)(H,21,22). The first kappa shape index (κ1) is 20.1. The molecular formula is C17H25ClN2O4. The Kier molecular flexibility index (Phi) is 7.85. The van der Waals surface area contributed by atoms with E-state index in [2.05, 4.69) is 19.2 Å². The zero-order valence-corrected chi connectivity index (χ0v) is 15.3. The molecule has 0 fully saturated rings. The fraction of sp³-hybridized carbons (Fsp3) is 0.529. The van der Waals surface area contributed by atoms with E-state index in [0.717, 1.165) is 5.56 Å². The van der Waals surface area contributed by atoms with Crippen molar-refractivity contribution in [2.24, 2.45) is 5.92 Å². The molecule has 0 saturated heterocycles. The summed E-state index contributed by atoms with van der Waals surface area (Å²) in [4.78, 5) is 24.4. The molecule has 0 aliphatic rings. The predicted molar refractivity (Wildman–Crippen MR) is 93.6 cm³/mol. The van der Waals surface area contributed by atoms with Gasteiger partial charge < -0.3 is 20.1 Å². The summed E-state index contributed by atoms with van der Waals surface area (Å²) in [6.45, 7) is 4.26. The number of aliphatic carboxylic acids is 1. The lowest BCUT2D eigenvalue weighted by molar-refractivity contribution is -0.137. The Morgan fingerprint density at radius 3 is 2.58 bits per heavy atom. The van der Waals surface area contributed by atoms with E-state index in [1.807, 2.05) is 0 Å². The molecule has 0 heterocycles. The van der Waals surface area contributed by atoms with Crippen LogP contribution in [-0.4, -0.2) is 42.7 Å². The number of methoxy groups -OCH3 is 1. The first-order valence-corrected chi connectivity index (χ1v) is 8.19. The number of urea groups is 1. The van der Waals surface area contributed by atoms with Crippen LogP contribution in [0.3, 0.4) is 0 Å². The smallest absolute Gasteiger partial charge is 0.317 e. The fourth-order valence-corrected chi connectivity index (χ4v) is 2.52. The third-order valence-electron chi connectivity index (χ3n) is 3.58. The Hall–Kier alpha value is -1.95. The number of carbonyl (C=O) groups excluding carboxylic acids is 1. The number of nitrogens with zero attached hydrogens (tertiary/aromatic N) is 1. The lowest BCUT2D eigenvalue weighted by Gasteiger charge is -2.26. The van der Waals surface area contributed by atoms with Crippen LogP contribution in [0.1, 0.15) is 38.3 Å². The van der Waals surface area contributed by atoms with Crippen LogP contribution in [0.2, 0.25) is 5.02 Å².